The van der Waals surface area contributed by atoms with Crippen LogP contribution in [0.15, 0.2) is 0 Å². The second-order valence-electron chi connectivity index (χ2n) is 5.73. The van der Waals surface area contributed by atoms with Gasteiger partial charge in [-0.2, -0.15) is 0 Å². The molecule has 0 aromatic carbocycles. The molecule has 108 valence electrons. The van der Waals surface area contributed by atoms with Gasteiger partial charge in [-0.3, -0.25) is 0 Å². The summed E-state index contributed by atoms with van der Waals surface area (Å²) in [6, 6.07) is -1.02. The summed E-state index contributed by atoms with van der Waals surface area (Å²) in [4.78, 5) is 26.7. The number of carbonyl (C=O) groups is 2. The summed E-state index contributed by atoms with van der Waals surface area (Å²) in [7, 11) is 0. The van der Waals surface area contributed by atoms with E-state index in [2.05, 4.69) is 6.92 Å². The second kappa shape index (κ2) is 5.36. The molecule has 2 aliphatic heterocycles. The number of rotatable bonds is 1. The Bertz CT molecular complexity index is 374. The van der Waals surface area contributed by atoms with Crippen LogP contribution in [0, 0.1) is 5.92 Å². The Kier molecular flexibility index (Phi) is 3.99. The first-order valence-corrected chi connectivity index (χ1v) is 6.90. The van der Waals surface area contributed by atoms with Crippen LogP contribution in [-0.2, 0) is 4.79 Å². The minimum atomic E-state index is -1.04. The van der Waals surface area contributed by atoms with Crippen molar-refractivity contribution in [1.82, 2.24) is 9.80 Å². The summed E-state index contributed by atoms with van der Waals surface area (Å²) in [5.74, 6) is -0.615. The molecule has 2 heterocycles. The van der Waals surface area contributed by atoms with Crippen molar-refractivity contribution in [2.24, 2.45) is 5.92 Å². The summed E-state index contributed by atoms with van der Waals surface area (Å²) < 4.78 is 0. The van der Waals surface area contributed by atoms with Gasteiger partial charge in [0.15, 0.2) is 0 Å². The first-order chi connectivity index (χ1) is 8.91. The van der Waals surface area contributed by atoms with E-state index in [0.717, 1.165) is 12.8 Å². The molecule has 2 fully saturated rings. The maximum Gasteiger partial charge on any atom is 0.326 e. The van der Waals surface area contributed by atoms with Gasteiger partial charge in [-0.05, 0) is 25.7 Å². The van der Waals surface area contributed by atoms with E-state index >= 15 is 0 Å². The molecule has 0 radical (unpaired) electrons. The Morgan fingerprint density at radius 1 is 1.21 bits per heavy atom. The number of nitrogens with zero attached hydrogens (tertiary/aromatic N) is 2. The molecule has 0 aromatic rings. The third kappa shape index (κ3) is 2.68. The number of aliphatic carboxylic acids is 1. The van der Waals surface area contributed by atoms with Gasteiger partial charge < -0.3 is 20.0 Å². The maximum absolute atomic E-state index is 12.5. The molecule has 6 heteroatoms. The summed E-state index contributed by atoms with van der Waals surface area (Å²) >= 11 is 0. The number of β-amino-alcohol motifs (C(OH)–C–C–N with tert-alkyl or cyclic N) is 1. The fraction of sp³-hybridized carbons (Fsp3) is 0.846. The van der Waals surface area contributed by atoms with Crippen LogP contribution >= 0.6 is 0 Å². The van der Waals surface area contributed by atoms with Crippen LogP contribution in [0.2, 0.25) is 0 Å². The summed E-state index contributed by atoms with van der Waals surface area (Å²) in [6.07, 6.45) is 1.43. The smallest absolute Gasteiger partial charge is 0.326 e. The fourth-order valence-corrected chi connectivity index (χ4v) is 3.03. The molecule has 2 amide bonds. The molecule has 2 N–H and O–H groups in total. The molecule has 19 heavy (non-hydrogen) atoms. The van der Waals surface area contributed by atoms with Gasteiger partial charge in [-0.1, -0.05) is 6.92 Å². The van der Waals surface area contributed by atoms with Crippen LogP contribution in [0.25, 0.3) is 0 Å². The van der Waals surface area contributed by atoms with Gasteiger partial charge in [0.1, 0.15) is 6.04 Å². The number of hydrogen-bond donors (Lipinski definition) is 2. The fourth-order valence-electron chi connectivity index (χ4n) is 3.03. The molecular formula is C13H22N2O4. The molecule has 2 rings (SSSR count). The number of piperidine rings is 1. The number of amides is 2. The number of urea groups is 1. The minimum absolute atomic E-state index is 0.118. The van der Waals surface area contributed by atoms with Gasteiger partial charge in [0.05, 0.1) is 6.10 Å². The van der Waals surface area contributed by atoms with Crippen LogP contribution in [-0.4, -0.2) is 63.3 Å². The minimum Gasteiger partial charge on any atom is -0.480 e. The Morgan fingerprint density at radius 2 is 1.89 bits per heavy atom. The second-order valence-corrected chi connectivity index (χ2v) is 5.73. The van der Waals surface area contributed by atoms with E-state index in [0.29, 0.717) is 12.5 Å². The van der Waals surface area contributed by atoms with Crippen molar-refractivity contribution in [3.8, 4) is 0 Å². The summed E-state index contributed by atoms with van der Waals surface area (Å²) in [5.41, 5.74) is 0. The van der Waals surface area contributed by atoms with Gasteiger partial charge >= 0.3 is 12.0 Å². The van der Waals surface area contributed by atoms with Gasteiger partial charge in [-0.25, -0.2) is 9.59 Å². The van der Waals surface area contributed by atoms with E-state index in [-0.39, 0.29) is 25.0 Å². The van der Waals surface area contributed by atoms with E-state index in [9.17, 15) is 14.7 Å². The lowest BCUT2D eigenvalue weighted by Crippen LogP contribution is -2.54. The molecule has 4 atom stereocenters. The van der Waals surface area contributed by atoms with Gasteiger partial charge in [-0.15, -0.1) is 0 Å². The molecule has 0 aromatic heterocycles. The molecule has 2 aliphatic rings. The SMILES string of the molecule is CC1CCCN(C(=O)N2C[C@H](O)C[C@H]2C(=O)O)C1C. The van der Waals surface area contributed by atoms with Crippen LogP contribution in [0.4, 0.5) is 4.79 Å². The van der Waals surface area contributed by atoms with Crippen molar-refractivity contribution in [2.45, 2.75) is 51.3 Å². The van der Waals surface area contributed by atoms with Crippen LogP contribution in [0.1, 0.15) is 33.1 Å². The molecule has 0 saturated carbocycles. The first-order valence-electron chi connectivity index (χ1n) is 6.90. The lowest BCUT2D eigenvalue weighted by Gasteiger charge is -2.40. The van der Waals surface area contributed by atoms with Crippen LogP contribution in [0.3, 0.4) is 0 Å². The zero-order chi connectivity index (χ0) is 14.2. The number of hydrogen-bond acceptors (Lipinski definition) is 3. The highest BCUT2D eigenvalue weighted by Crippen LogP contribution is 2.27. The molecule has 0 spiro atoms. The standard InChI is InChI=1S/C13H22N2O4/c1-8-4-3-5-14(9(8)2)13(19)15-7-10(16)6-11(15)12(17)18/h8-11,16H,3-7H2,1-2H3,(H,17,18)/t8?,9?,10-,11+/m1/s1. The average molecular weight is 270 g/mol. The predicted octanol–water partition coefficient (Wildman–Crippen LogP) is 0.747. The van der Waals surface area contributed by atoms with Gasteiger partial charge in [0.25, 0.3) is 0 Å². The Morgan fingerprint density at radius 3 is 2.53 bits per heavy atom. The highest BCUT2D eigenvalue weighted by molar-refractivity contribution is 5.83. The molecular weight excluding hydrogens is 248 g/mol. The molecule has 0 bridgehead atoms. The van der Waals surface area contributed by atoms with E-state index in [1.54, 1.807) is 4.90 Å². The van der Waals surface area contributed by atoms with Crippen LogP contribution in [0.5, 0.6) is 0 Å². The number of carboxylic acid groups (broad SMARTS) is 1. The number of likely N-dealkylation sites (tertiary alicyclic amines) is 2. The van der Waals surface area contributed by atoms with Crippen molar-refractivity contribution >= 4 is 12.0 Å². The maximum atomic E-state index is 12.5. The van der Waals surface area contributed by atoms with Crippen molar-refractivity contribution in [2.75, 3.05) is 13.1 Å². The van der Waals surface area contributed by atoms with Crippen molar-refractivity contribution < 1.29 is 19.8 Å². The normalized spacial score (nSPS) is 35.5. The highest BCUT2D eigenvalue weighted by Gasteiger charge is 2.42. The van der Waals surface area contributed by atoms with E-state index in [1.807, 2.05) is 6.92 Å². The van der Waals surface area contributed by atoms with Gasteiger partial charge in [0, 0.05) is 25.6 Å². The Balaban J connectivity index is 2.11. The number of aliphatic hydroxyl groups excluding tert-OH is 1. The monoisotopic (exact) mass is 270 g/mol. The third-order valence-electron chi connectivity index (χ3n) is 4.43. The predicted molar refractivity (Wildman–Crippen MR) is 68.7 cm³/mol. The van der Waals surface area contributed by atoms with E-state index < -0.39 is 18.1 Å². The molecule has 2 unspecified atom stereocenters. The van der Waals surface area contributed by atoms with Crippen molar-refractivity contribution in [3.05, 3.63) is 0 Å². The Labute approximate surface area is 113 Å². The van der Waals surface area contributed by atoms with Crippen molar-refractivity contribution in [1.29, 1.82) is 0 Å². The zero-order valence-corrected chi connectivity index (χ0v) is 11.5. The average Bonchev–Trinajstić information content (AvgIpc) is 2.74. The quantitative estimate of drug-likeness (QED) is 0.736. The van der Waals surface area contributed by atoms with Gasteiger partial charge in [0.2, 0.25) is 0 Å². The lowest BCUT2D eigenvalue weighted by atomic mass is 9.92. The topological polar surface area (TPSA) is 81.1 Å². The largest absolute Gasteiger partial charge is 0.480 e. The molecule has 0 aliphatic carbocycles. The summed E-state index contributed by atoms with van der Waals surface area (Å²) in [6.45, 7) is 4.90. The molecule has 6 nitrogen and oxygen atoms in total. The van der Waals surface area contributed by atoms with E-state index in [4.69, 9.17) is 5.11 Å². The highest BCUT2D eigenvalue weighted by atomic mass is 16.4. The number of carbonyl (C=O) groups excluding carboxylic acids is 1. The zero-order valence-electron chi connectivity index (χ0n) is 11.5. The van der Waals surface area contributed by atoms with Crippen LogP contribution < -0.4 is 0 Å². The number of carboxylic acids is 1. The molecule has 2 saturated heterocycles. The third-order valence-corrected chi connectivity index (χ3v) is 4.43. The first kappa shape index (κ1) is 14.1. The lowest BCUT2D eigenvalue weighted by molar-refractivity contribution is -0.141. The number of aliphatic hydroxyl groups is 1. The van der Waals surface area contributed by atoms with Crippen molar-refractivity contribution in [3.63, 3.8) is 0 Å². The van der Waals surface area contributed by atoms with E-state index in [1.165, 1.54) is 4.90 Å². The Hall–Kier alpha value is -1.30. The summed E-state index contributed by atoms with van der Waals surface area (Å²) in [5, 5.41) is 18.8.